The third-order valence-electron chi connectivity index (χ3n) is 4.09. The summed E-state index contributed by atoms with van der Waals surface area (Å²) < 4.78 is 26.4. The standard InChI is InChI=1S/C16H28N2O2S/c1-6-16(3,4)18(5)21(19,20)13-15-10-8-14(9-11-15)12-17-7-2/h8-11,17H,6-7,12-13H2,1-5H3. The van der Waals surface area contributed by atoms with E-state index in [1.807, 2.05) is 45.0 Å². The Morgan fingerprint density at radius 1 is 1.10 bits per heavy atom. The van der Waals surface area contributed by atoms with Gasteiger partial charge in [0, 0.05) is 19.1 Å². The van der Waals surface area contributed by atoms with Crippen LogP contribution >= 0.6 is 0 Å². The fraction of sp³-hybridized carbons (Fsp3) is 0.625. The Labute approximate surface area is 129 Å². The molecule has 0 radical (unpaired) electrons. The van der Waals surface area contributed by atoms with Gasteiger partial charge in [-0.15, -0.1) is 0 Å². The summed E-state index contributed by atoms with van der Waals surface area (Å²) in [5, 5.41) is 3.25. The number of sulfonamides is 1. The Balaban J connectivity index is 2.80. The van der Waals surface area contributed by atoms with Crippen LogP contribution in [-0.2, 0) is 22.3 Å². The highest BCUT2D eigenvalue weighted by Gasteiger charge is 2.31. The molecular formula is C16H28N2O2S. The molecule has 4 nitrogen and oxygen atoms in total. The average molecular weight is 312 g/mol. The van der Waals surface area contributed by atoms with Crippen molar-refractivity contribution >= 4 is 10.0 Å². The number of benzene rings is 1. The van der Waals surface area contributed by atoms with E-state index in [2.05, 4.69) is 12.2 Å². The monoisotopic (exact) mass is 312 g/mol. The summed E-state index contributed by atoms with van der Waals surface area (Å²) in [5.74, 6) is 0.0500. The van der Waals surface area contributed by atoms with Crippen LogP contribution in [0.2, 0.25) is 0 Å². The van der Waals surface area contributed by atoms with Gasteiger partial charge in [-0.1, -0.05) is 38.1 Å². The average Bonchev–Trinajstić information content (AvgIpc) is 2.45. The van der Waals surface area contributed by atoms with E-state index >= 15 is 0 Å². The molecule has 1 rings (SSSR count). The lowest BCUT2D eigenvalue weighted by molar-refractivity contribution is 0.257. The van der Waals surface area contributed by atoms with Crippen molar-refractivity contribution in [3.8, 4) is 0 Å². The highest BCUT2D eigenvalue weighted by atomic mass is 32.2. The van der Waals surface area contributed by atoms with E-state index < -0.39 is 10.0 Å². The van der Waals surface area contributed by atoms with Gasteiger partial charge < -0.3 is 5.32 Å². The first-order chi connectivity index (χ1) is 9.73. The molecule has 0 spiro atoms. The molecule has 1 N–H and O–H groups in total. The summed E-state index contributed by atoms with van der Waals surface area (Å²) in [6.07, 6.45) is 0.782. The highest BCUT2D eigenvalue weighted by molar-refractivity contribution is 7.88. The van der Waals surface area contributed by atoms with Gasteiger partial charge in [0.05, 0.1) is 5.75 Å². The van der Waals surface area contributed by atoms with E-state index in [4.69, 9.17) is 0 Å². The molecule has 1 aromatic carbocycles. The third-order valence-corrected chi connectivity index (χ3v) is 6.11. The maximum atomic E-state index is 12.5. The lowest BCUT2D eigenvalue weighted by atomic mass is 10.0. The van der Waals surface area contributed by atoms with Crippen LogP contribution in [0, 0.1) is 0 Å². The Hall–Kier alpha value is -0.910. The minimum atomic E-state index is -3.30. The predicted octanol–water partition coefficient (Wildman–Crippen LogP) is 2.75. The number of hydrogen-bond acceptors (Lipinski definition) is 3. The van der Waals surface area contributed by atoms with Gasteiger partial charge in [0.1, 0.15) is 0 Å². The fourth-order valence-corrected chi connectivity index (χ4v) is 3.62. The lowest BCUT2D eigenvalue weighted by Crippen LogP contribution is -2.44. The van der Waals surface area contributed by atoms with Crippen molar-refractivity contribution in [2.45, 2.75) is 52.0 Å². The quantitative estimate of drug-likeness (QED) is 0.803. The Morgan fingerprint density at radius 2 is 1.62 bits per heavy atom. The van der Waals surface area contributed by atoms with Gasteiger partial charge >= 0.3 is 0 Å². The molecule has 0 fully saturated rings. The zero-order chi connectivity index (χ0) is 16.1. The van der Waals surface area contributed by atoms with Crippen molar-refractivity contribution in [2.75, 3.05) is 13.6 Å². The van der Waals surface area contributed by atoms with Crippen LogP contribution in [0.4, 0.5) is 0 Å². The summed E-state index contributed by atoms with van der Waals surface area (Å²) >= 11 is 0. The molecule has 0 atom stereocenters. The molecule has 21 heavy (non-hydrogen) atoms. The smallest absolute Gasteiger partial charge is 0.218 e. The van der Waals surface area contributed by atoms with Crippen LogP contribution < -0.4 is 5.32 Å². The number of nitrogens with one attached hydrogen (secondary N) is 1. The molecule has 120 valence electrons. The fourth-order valence-electron chi connectivity index (χ4n) is 1.93. The van der Waals surface area contributed by atoms with Crippen molar-refractivity contribution < 1.29 is 8.42 Å². The van der Waals surface area contributed by atoms with Gasteiger partial charge in [-0.3, -0.25) is 0 Å². The molecule has 0 aliphatic heterocycles. The maximum absolute atomic E-state index is 12.5. The van der Waals surface area contributed by atoms with Gasteiger partial charge in [0.2, 0.25) is 10.0 Å². The SMILES string of the molecule is CCNCc1ccc(CS(=O)(=O)N(C)C(C)(C)CC)cc1. The molecule has 0 unspecified atom stereocenters. The maximum Gasteiger partial charge on any atom is 0.218 e. The van der Waals surface area contributed by atoms with E-state index in [-0.39, 0.29) is 11.3 Å². The second-order valence-corrected chi connectivity index (χ2v) is 7.99. The van der Waals surface area contributed by atoms with Gasteiger partial charge in [0.25, 0.3) is 0 Å². The molecule has 0 heterocycles. The minimum absolute atomic E-state index is 0.0500. The normalized spacial score (nSPS) is 12.9. The predicted molar refractivity (Wildman–Crippen MR) is 88.6 cm³/mol. The summed E-state index contributed by atoms with van der Waals surface area (Å²) in [6, 6.07) is 7.77. The van der Waals surface area contributed by atoms with Crippen LogP contribution in [0.5, 0.6) is 0 Å². The van der Waals surface area contributed by atoms with Crippen molar-refractivity contribution in [1.29, 1.82) is 0 Å². The summed E-state index contributed by atoms with van der Waals surface area (Å²) in [5.41, 5.74) is 1.64. The van der Waals surface area contributed by atoms with Gasteiger partial charge in [-0.2, -0.15) is 4.31 Å². The van der Waals surface area contributed by atoms with Crippen molar-refractivity contribution in [1.82, 2.24) is 9.62 Å². The van der Waals surface area contributed by atoms with Gasteiger partial charge in [-0.25, -0.2) is 8.42 Å². The van der Waals surface area contributed by atoms with Crippen molar-refractivity contribution in [3.63, 3.8) is 0 Å². The summed E-state index contributed by atoms with van der Waals surface area (Å²) in [6.45, 7) is 9.70. The largest absolute Gasteiger partial charge is 0.313 e. The zero-order valence-electron chi connectivity index (χ0n) is 13.8. The van der Waals surface area contributed by atoms with Crippen LogP contribution in [0.25, 0.3) is 0 Å². The number of hydrogen-bond donors (Lipinski definition) is 1. The summed E-state index contributed by atoms with van der Waals surface area (Å²) in [7, 11) is -1.63. The van der Waals surface area contributed by atoms with Crippen LogP contribution in [0.3, 0.4) is 0 Å². The molecule has 1 aromatic rings. The molecule has 0 aliphatic carbocycles. The Kier molecular flexibility index (Phi) is 6.38. The topological polar surface area (TPSA) is 49.4 Å². The first kappa shape index (κ1) is 18.1. The molecular weight excluding hydrogens is 284 g/mol. The molecule has 0 bridgehead atoms. The Morgan fingerprint density at radius 3 is 2.10 bits per heavy atom. The first-order valence-electron chi connectivity index (χ1n) is 7.48. The second kappa shape index (κ2) is 7.38. The first-order valence-corrected chi connectivity index (χ1v) is 9.09. The second-order valence-electron chi connectivity index (χ2n) is 5.99. The van der Waals surface area contributed by atoms with E-state index in [0.29, 0.717) is 0 Å². The van der Waals surface area contributed by atoms with Crippen LogP contribution in [0.1, 0.15) is 45.2 Å². The molecule has 0 saturated heterocycles. The molecule has 0 saturated carbocycles. The van der Waals surface area contributed by atoms with Crippen molar-refractivity contribution in [2.24, 2.45) is 0 Å². The van der Waals surface area contributed by atoms with Gasteiger partial charge in [0.15, 0.2) is 0 Å². The number of rotatable bonds is 8. The number of nitrogens with zero attached hydrogens (tertiary/aromatic N) is 1. The third kappa shape index (κ3) is 5.09. The van der Waals surface area contributed by atoms with Crippen molar-refractivity contribution in [3.05, 3.63) is 35.4 Å². The molecule has 5 heteroatoms. The van der Waals surface area contributed by atoms with E-state index in [9.17, 15) is 8.42 Å². The summed E-state index contributed by atoms with van der Waals surface area (Å²) in [4.78, 5) is 0. The van der Waals surface area contributed by atoms with Gasteiger partial charge in [-0.05, 0) is 37.9 Å². The lowest BCUT2D eigenvalue weighted by Gasteiger charge is -2.33. The molecule has 0 aromatic heterocycles. The van der Waals surface area contributed by atoms with E-state index in [1.54, 1.807) is 7.05 Å². The molecule has 0 amide bonds. The highest BCUT2D eigenvalue weighted by Crippen LogP contribution is 2.22. The van der Waals surface area contributed by atoms with E-state index in [0.717, 1.165) is 25.1 Å². The molecule has 0 aliphatic rings. The Bertz CT molecular complexity index is 536. The zero-order valence-corrected chi connectivity index (χ0v) is 14.6. The minimum Gasteiger partial charge on any atom is -0.313 e. The van der Waals surface area contributed by atoms with E-state index in [1.165, 1.54) is 9.87 Å². The van der Waals surface area contributed by atoms with Crippen LogP contribution in [0.15, 0.2) is 24.3 Å². The van der Waals surface area contributed by atoms with Crippen LogP contribution in [-0.4, -0.2) is 31.9 Å².